The normalized spacial score (nSPS) is 38.6. The van der Waals surface area contributed by atoms with E-state index in [0.29, 0.717) is 11.2 Å². The minimum absolute atomic E-state index is 0.382. The highest BCUT2D eigenvalue weighted by Gasteiger charge is 2.52. The van der Waals surface area contributed by atoms with Crippen molar-refractivity contribution in [3.63, 3.8) is 0 Å². The monoisotopic (exact) mass is 284 g/mol. The van der Waals surface area contributed by atoms with Crippen LogP contribution < -0.4 is 0 Å². The molecule has 4 bridgehead atoms. The lowest BCUT2D eigenvalue weighted by Crippen LogP contribution is -2.49. The molecule has 0 saturated heterocycles. The molecule has 5 rings (SSSR count). The van der Waals surface area contributed by atoms with E-state index in [1.54, 1.807) is 19.3 Å². The van der Waals surface area contributed by atoms with Gasteiger partial charge in [0.2, 0.25) is 0 Å². The van der Waals surface area contributed by atoms with Gasteiger partial charge < -0.3 is 5.11 Å². The maximum absolute atomic E-state index is 9.39. The largest absolute Gasteiger partial charge is 0.508 e. The number of hydrogen-bond acceptors (Lipinski definition) is 1. The molecule has 0 aromatic heterocycles. The van der Waals surface area contributed by atoms with E-state index in [2.05, 4.69) is 19.1 Å². The Morgan fingerprint density at radius 1 is 1.00 bits per heavy atom. The quantitative estimate of drug-likeness (QED) is 0.808. The van der Waals surface area contributed by atoms with Crippen LogP contribution in [0.15, 0.2) is 24.3 Å². The van der Waals surface area contributed by atoms with E-state index in [0.717, 1.165) is 23.7 Å². The van der Waals surface area contributed by atoms with Crippen molar-refractivity contribution in [3.8, 4) is 5.75 Å². The van der Waals surface area contributed by atoms with Crippen LogP contribution in [-0.4, -0.2) is 5.11 Å². The lowest BCUT2D eigenvalue weighted by Gasteiger charge is -2.59. The van der Waals surface area contributed by atoms with Crippen molar-refractivity contribution in [3.05, 3.63) is 29.8 Å². The van der Waals surface area contributed by atoms with Crippen LogP contribution in [0.2, 0.25) is 0 Å². The third kappa shape index (κ3) is 2.49. The summed E-state index contributed by atoms with van der Waals surface area (Å²) in [5.74, 6) is 4.43. The van der Waals surface area contributed by atoms with Gasteiger partial charge in [0.25, 0.3) is 0 Å². The van der Waals surface area contributed by atoms with Crippen molar-refractivity contribution in [2.75, 3.05) is 0 Å². The van der Waals surface area contributed by atoms with Gasteiger partial charge in [-0.2, -0.15) is 0 Å². The number of hydrogen-bond donors (Lipinski definition) is 1. The van der Waals surface area contributed by atoms with E-state index in [1.807, 2.05) is 12.1 Å². The fourth-order valence-electron chi connectivity index (χ4n) is 6.13. The SMILES string of the molecule is CC(CCc1ccc(O)cc1)C12CC3CC(CC(C3)C1)C2. The second-order valence-electron chi connectivity index (χ2n) is 8.39. The van der Waals surface area contributed by atoms with Gasteiger partial charge in [-0.05, 0) is 98.1 Å². The molecule has 4 aliphatic rings. The van der Waals surface area contributed by atoms with Crippen LogP contribution in [0.5, 0.6) is 5.75 Å². The minimum atomic E-state index is 0.382. The molecule has 114 valence electrons. The first-order valence-electron chi connectivity index (χ1n) is 8.91. The van der Waals surface area contributed by atoms with Gasteiger partial charge in [0.1, 0.15) is 5.75 Å². The summed E-state index contributed by atoms with van der Waals surface area (Å²) in [6.45, 7) is 2.52. The first-order chi connectivity index (χ1) is 10.1. The molecule has 4 aliphatic carbocycles. The molecular weight excluding hydrogens is 256 g/mol. The predicted octanol–water partition coefficient (Wildman–Crippen LogP) is 5.18. The van der Waals surface area contributed by atoms with Gasteiger partial charge >= 0.3 is 0 Å². The number of benzene rings is 1. The molecule has 4 fully saturated rings. The Bertz CT molecular complexity index is 466. The Kier molecular flexibility index (Phi) is 3.28. The van der Waals surface area contributed by atoms with Crippen LogP contribution in [-0.2, 0) is 6.42 Å². The van der Waals surface area contributed by atoms with Crippen molar-refractivity contribution >= 4 is 0 Å². The molecule has 1 aromatic rings. The molecule has 1 N–H and O–H groups in total. The van der Waals surface area contributed by atoms with Gasteiger partial charge in [-0.15, -0.1) is 0 Å². The molecule has 4 saturated carbocycles. The van der Waals surface area contributed by atoms with Crippen LogP contribution in [0.25, 0.3) is 0 Å². The van der Waals surface area contributed by atoms with Crippen LogP contribution in [0.3, 0.4) is 0 Å². The number of phenolic OH excluding ortho intramolecular Hbond substituents is 1. The summed E-state index contributed by atoms with van der Waals surface area (Å²) < 4.78 is 0. The molecule has 1 heteroatoms. The number of aromatic hydroxyl groups is 1. The molecule has 1 atom stereocenters. The lowest BCUT2D eigenvalue weighted by molar-refractivity contribution is -0.0846. The summed E-state index contributed by atoms with van der Waals surface area (Å²) in [5, 5.41) is 9.39. The topological polar surface area (TPSA) is 20.2 Å². The molecule has 1 nitrogen and oxygen atoms in total. The van der Waals surface area contributed by atoms with Gasteiger partial charge in [-0.25, -0.2) is 0 Å². The van der Waals surface area contributed by atoms with Crippen LogP contribution in [0.1, 0.15) is 57.4 Å². The summed E-state index contributed by atoms with van der Waals surface area (Å²) in [4.78, 5) is 0. The molecule has 0 heterocycles. The summed E-state index contributed by atoms with van der Waals surface area (Å²) in [6, 6.07) is 7.82. The first-order valence-corrected chi connectivity index (χ1v) is 8.91. The molecule has 0 spiro atoms. The summed E-state index contributed by atoms with van der Waals surface area (Å²) >= 11 is 0. The smallest absolute Gasteiger partial charge is 0.115 e. The van der Waals surface area contributed by atoms with Crippen LogP contribution in [0, 0.1) is 29.1 Å². The van der Waals surface area contributed by atoms with E-state index in [9.17, 15) is 5.11 Å². The van der Waals surface area contributed by atoms with Gasteiger partial charge in [0, 0.05) is 0 Å². The number of aryl methyl sites for hydroxylation is 1. The fraction of sp³-hybridized carbons (Fsp3) is 0.700. The number of phenols is 1. The minimum Gasteiger partial charge on any atom is -0.508 e. The predicted molar refractivity (Wildman–Crippen MR) is 86.2 cm³/mol. The Morgan fingerprint density at radius 2 is 1.52 bits per heavy atom. The average molecular weight is 284 g/mol. The first kappa shape index (κ1) is 13.7. The van der Waals surface area contributed by atoms with Crippen molar-refractivity contribution in [2.24, 2.45) is 29.1 Å². The third-order valence-corrected chi connectivity index (χ3v) is 6.93. The fourth-order valence-corrected chi connectivity index (χ4v) is 6.13. The summed E-state index contributed by atoms with van der Waals surface area (Å²) in [7, 11) is 0. The molecule has 0 aliphatic heterocycles. The zero-order chi connectivity index (χ0) is 14.4. The Labute approximate surface area is 128 Å². The van der Waals surface area contributed by atoms with Crippen molar-refractivity contribution in [2.45, 2.75) is 58.3 Å². The zero-order valence-corrected chi connectivity index (χ0v) is 13.2. The standard InChI is InChI=1S/C20H28O/c1-14(2-3-15-4-6-19(21)7-5-15)20-11-16-8-17(12-20)10-18(9-16)13-20/h4-7,14,16-18,21H,2-3,8-13H2,1H3. The average Bonchev–Trinajstić information content (AvgIpc) is 2.45. The van der Waals surface area contributed by atoms with Crippen molar-refractivity contribution in [1.29, 1.82) is 0 Å². The second-order valence-corrected chi connectivity index (χ2v) is 8.39. The Balaban J connectivity index is 1.42. The second kappa shape index (κ2) is 5.04. The van der Waals surface area contributed by atoms with Gasteiger partial charge in [-0.1, -0.05) is 19.1 Å². The highest BCUT2D eigenvalue weighted by Crippen LogP contribution is 2.63. The third-order valence-electron chi connectivity index (χ3n) is 6.93. The highest BCUT2D eigenvalue weighted by atomic mass is 16.3. The zero-order valence-electron chi connectivity index (χ0n) is 13.2. The van der Waals surface area contributed by atoms with Crippen molar-refractivity contribution < 1.29 is 5.11 Å². The van der Waals surface area contributed by atoms with Gasteiger partial charge in [-0.3, -0.25) is 0 Å². The highest BCUT2D eigenvalue weighted by molar-refractivity contribution is 5.26. The maximum atomic E-state index is 9.39. The summed E-state index contributed by atoms with van der Waals surface area (Å²) in [5.41, 5.74) is 2.07. The molecular formula is C20H28O. The van der Waals surface area contributed by atoms with E-state index < -0.39 is 0 Å². The van der Waals surface area contributed by atoms with Gasteiger partial charge in [0.15, 0.2) is 0 Å². The van der Waals surface area contributed by atoms with E-state index in [4.69, 9.17) is 0 Å². The van der Waals surface area contributed by atoms with Gasteiger partial charge in [0.05, 0.1) is 0 Å². The molecule has 0 amide bonds. The summed E-state index contributed by atoms with van der Waals surface area (Å²) in [6.07, 6.45) is 11.7. The molecule has 0 radical (unpaired) electrons. The maximum Gasteiger partial charge on any atom is 0.115 e. The van der Waals surface area contributed by atoms with Crippen LogP contribution >= 0.6 is 0 Å². The van der Waals surface area contributed by atoms with Crippen molar-refractivity contribution in [1.82, 2.24) is 0 Å². The molecule has 1 aromatic carbocycles. The number of rotatable bonds is 4. The molecule has 1 unspecified atom stereocenters. The lowest BCUT2D eigenvalue weighted by atomic mass is 9.46. The van der Waals surface area contributed by atoms with E-state index in [1.165, 1.54) is 37.7 Å². The molecule has 21 heavy (non-hydrogen) atoms. The van der Waals surface area contributed by atoms with Crippen LogP contribution in [0.4, 0.5) is 0 Å². The van der Waals surface area contributed by atoms with E-state index in [-0.39, 0.29) is 0 Å². The Morgan fingerprint density at radius 3 is 2.05 bits per heavy atom. The Hall–Kier alpha value is -0.980. The van der Waals surface area contributed by atoms with E-state index >= 15 is 0 Å².